The molecule has 1 fully saturated rings. The Morgan fingerprint density at radius 1 is 1.31 bits per heavy atom. The van der Waals surface area contributed by atoms with E-state index in [1.54, 1.807) is 0 Å². The van der Waals surface area contributed by atoms with Crippen LogP contribution in [0.2, 0.25) is 0 Å². The molecule has 2 atom stereocenters. The molecule has 0 spiro atoms. The zero-order valence-electron chi connectivity index (χ0n) is 10.1. The molecule has 0 aromatic carbocycles. The quantitative estimate of drug-likeness (QED) is 0.662. The molecule has 16 heavy (non-hydrogen) atoms. The van der Waals surface area contributed by atoms with Crippen LogP contribution in [0.4, 0.5) is 0 Å². The fourth-order valence-electron chi connectivity index (χ4n) is 2.27. The van der Waals surface area contributed by atoms with Crippen molar-refractivity contribution in [2.45, 2.75) is 39.0 Å². The van der Waals surface area contributed by atoms with Crippen molar-refractivity contribution < 1.29 is 8.42 Å². The molecular formula is C11H24N2O2S. The summed E-state index contributed by atoms with van der Waals surface area (Å²) >= 11 is 0. The molecule has 3 N–H and O–H groups in total. The summed E-state index contributed by atoms with van der Waals surface area (Å²) in [6.07, 6.45) is 5.07. The molecule has 96 valence electrons. The van der Waals surface area contributed by atoms with Crippen LogP contribution in [0.25, 0.3) is 0 Å². The van der Waals surface area contributed by atoms with Crippen LogP contribution in [0, 0.1) is 11.8 Å². The van der Waals surface area contributed by atoms with Gasteiger partial charge in [0.25, 0.3) is 0 Å². The number of nitrogens with one attached hydrogen (secondary N) is 1. The van der Waals surface area contributed by atoms with Gasteiger partial charge in [-0.3, -0.25) is 0 Å². The molecule has 0 saturated heterocycles. The second kappa shape index (κ2) is 6.57. The molecule has 0 aromatic heterocycles. The lowest BCUT2D eigenvalue weighted by Gasteiger charge is -2.15. The molecule has 0 aromatic rings. The van der Waals surface area contributed by atoms with E-state index in [-0.39, 0.29) is 5.75 Å². The zero-order valence-corrected chi connectivity index (χ0v) is 10.9. The second-order valence-corrected chi connectivity index (χ2v) is 6.76. The summed E-state index contributed by atoms with van der Waals surface area (Å²) in [5.41, 5.74) is 5.33. The van der Waals surface area contributed by atoms with Crippen LogP contribution >= 0.6 is 0 Å². The first-order valence-corrected chi connectivity index (χ1v) is 7.88. The van der Waals surface area contributed by atoms with Crippen molar-refractivity contribution in [3.63, 3.8) is 0 Å². The molecule has 0 radical (unpaired) electrons. The van der Waals surface area contributed by atoms with Crippen LogP contribution in [0.3, 0.4) is 0 Å². The molecule has 0 bridgehead atoms. The Hall–Kier alpha value is -0.130. The molecule has 0 amide bonds. The van der Waals surface area contributed by atoms with Gasteiger partial charge in [0.1, 0.15) is 0 Å². The number of hydrogen-bond donors (Lipinski definition) is 2. The van der Waals surface area contributed by atoms with Gasteiger partial charge in [0.15, 0.2) is 0 Å². The minimum Gasteiger partial charge on any atom is -0.330 e. The summed E-state index contributed by atoms with van der Waals surface area (Å²) in [6.45, 7) is 3.39. The third-order valence-corrected chi connectivity index (χ3v) is 4.90. The normalized spacial score (nSPS) is 26.1. The van der Waals surface area contributed by atoms with Gasteiger partial charge in [0, 0.05) is 6.54 Å². The van der Waals surface area contributed by atoms with Gasteiger partial charge in [-0.15, -0.1) is 0 Å². The minimum atomic E-state index is -3.07. The molecule has 5 heteroatoms. The zero-order chi connectivity index (χ0) is 12.0. The fourth-order valence-corrected chi connectivity index (χ4v) is 3.46. The molecule has 1 saturated carbocycles. The Morgan fingerprint density at radius 3 is 2.62 bits per heavy atom. The van der Waals surface area contributed by atoms with Crippen molar-refractivity contribution in [1.82, 2.24) is 4.72 Å². The van der Waals surface area contributed by atoms with E-state index >= 15 is 0 Å². The summed E-state index contributed by atoms with van der Waals surface area (Å²) in [6, 6.07) is 0. The number of hydrogen-bond acceptors (Lipinski definition) is 3. The maximum absolute atomic E-state index is 11.6. The number of rotatable bonds is 7. The van der Waals surface area contributed by atoms with Gasteiger partial charge in [-0.2, -0.15) is 0 Å². The largest absolute Gasteiger partial charge is 0.330 e. The molecule has 4 nitrogen and oxygen atoms in total. The van der Waals surface area contributed by atoms with Crippen LogP contribution in [0.15, 0.2) is 0 Å². The lowest BCUT2D eigenvalue weighted by molar-refractivity contribution is 0.414. The highest BCUT2D eigenvalue weighted by Crippen LogP contribution is 2.30. The average Bonchev–Trinajstić information content (AvgIpc) is 2.62. The predicted octanol–water partition coefficient (Wildman–Crippen LogP) is 1.08. The van der Waals surface area contributed by atoms with Crippen molar-refractivity contribution in [2.24, 2.45) is 17.6 Å². The molecular weight excluding hydrogens is 224 g/mol. The molecule has 1 aliphatic carbocycles. The molecule has 0 aliphatic heterocycles. The molecule has 0 heterocycles. The highest BCUT2D eigenvalue weighted by atomic mass is 32.2. The summed E-state index contributed by atoms with van der Waals surface area (Å²) in [7, 11) is -3.07. The number of unbranched alkanes of at least 4 members (excludes halogenated alkanes) is 1. The van der Waals surface area contributed by atoms with Gasteiger partial charge in [0.2, 0.25) is 10.0 Å². The fraction of sp³-hybridized carbons (Fsp3) is 1.00. The van der Waals surface area contributed by atoms with Crippen molar-refractivity contribution >= 4 is 10.0 Å². The van der Waals surface area contributed by atoms with Crippen LogP contribution in [0.5, 0.6) is 0 Å². The topological polar surface area (TPSA) is 72.2 Å². The van der Waals surface area contributed by atoms with Gasteiger partial charge in [-0.05, 0) is 37.6 Å². The average molecular weight is 248 g/mol. The lowest BCUT2D eigenvalue weighted by atomic mass is 9.99. The van der Waals surface area contributed by atoms with Gasteiger partial charge in [-0.1, -0.05) is 19.8 Å². The summed E-state index contributed by atoms with van der Waals surface area (Å²) in [5.74, 6) is 1.40. The molecule has 2 unspecified atom stereocenters. The van der Waals surface area contributed by atoms with E-state index < -0.39 is 10.0 Å². The highest BCUT2D eigenvalue weighted by Gasteiger charge is 2.24. The third-order valence-electron chi connectivity index (χ3n) is 3.47. The van der Waals surface area contributed by atoms with Crippen molar-refractivity contribution in [2.75, 3.05) is 18.8 Å². The number of sulfonamides is 1. The van der Waals surface area contributed by atoms with Crippen LogP contribution < -0.4 is 10.5 Å². The first kappa shape index (κ1) is 13.9. The Morgan fingerprint density at radius 2 is 2.06 bits per heavy atom. The Balaban J connectivity index is 2.24. The van der Waals surface area contributed by atoms with E-state index in [1.807, 2.05) is 0 Å². The van der Waals surface area contributed by atoms with E-state index in [4.69, 9.17) is 5.73 Å². The second-order valence-electron chi connectivity index (χ2n) is 4.83. The Labute approximate surface area is 99.0 Å². The lowest BCUT2D eigenvalue weighted by Crippen LogP contribution is -2.32. The number of nitrogens with two attached hydrogens (primary N) is 1. The van der Waals surface area contributed by atoms with Crippen LogP contribution in [0.1, 0.15) is 39.0 Å². The Bertz CT molecular complexity index is 290. The monoisotopic (exact) mass is 248 g/mol. The van der Waals surface area contributed by atoms with Gasteiger partial charge in [0.05, 0.1) is 5.75 Å². The highest BCUT2D eigenvalue weighted by molar-refractivity contribution is 7.89. The van der Waals surface area contributed by atoms with E-state index in [0.29, 0.717) is 31.3 Å². The molecule has 1 rings (SSSR count). The maximum Gasteiger partial charge on any atom is 0.211 e. The van der Waals surface area contributed by atoms with E-state index in [9.17, 15) is 8.42 Å². The predicted molar refractivity (Wildman–Crippen MR) is 66.6 cm³/mol. The standard InChI is InChI=1S/C11H24N2O2S/c1-10-5-4-6-11(10)9-13-16(14,15)8-3-2-7-12/h10-11,13H,2-9,12H2,1H3. The van der Waals surface area contributed by atoms with Crippen molar-refractivity contribution in [3.05, 3.63) is 0 Å². The summed E-state index contributed by atoms with van der Waals surface area (Å²) in [4.78, 5) is 0. The maximum atomic E-state index is 11.6. The molecule has 1 aliphatic rings. The summed E-state index contributed by atoms with van der Waals surface area (Å²) in [5, 5.41) is 0. The Kier molecular flexibility index (Phi) is 5.72. The first-order chi connectivity index (χ1) is 7.55. The van der Waals surface area contributed by atoms with E-state index in [1.165, 1.54) is 12.8 Å². The van der Waals surface area contributed by atoms with E-state index in [0.717, 1.165) is 12.8 Å². The SMILES string of the molecule is CC1CCCC1CNS(=O)(=O)CCCCN. The first-order valence-electron chi connectivity index (χ1n) is 6.22. The van der Waals surface area contributed by atoms with Crippen molar-refractivity contribution in [3.8, 4) is 0 Å². The summed E-state index contributed by atoms with van der Waals surface area (Å²) < 4.78 is 26.0. The van der Waals surface area contributed by atoms with Gasteiger partial charge < -0.3 is 5.73 Å². The van der Waals surface area contributed by atoms with E-state index in [2.05, 4.69) is 11.6 Å². The third kappa shape index (κ3) is 4.80. The van der Waals surface area contributed by atoms with Gasteiger partial charge >= 0.3 is 0 Å². The van der Waals surface area contributed by atoms with Gasteiger partial charge in [-0.25, -0.2) is 13.1 Å². The smallest absolute Gasteiger partial charge is 0.211 e. The minimum absolute atomic E-state index is 0.214. The van der Waals surface area contributed by atoms with Crippen molar-refractivity contribution in [1.29, 1.82) is 0 Å². The van der Waals surface area contributed by atoms with Crippen LogP contribution in [-0.2, 0) is 10.0 Å². The van der Waals surface area contributed by atoms with Crippen LogP contribution in [-0.4, -0.2) is 27.3 Å².